The number of rotatable bonds is 3. The molecule has 2 N–H and O–H groups in total. The first kappa shape index (κ1) is 12.6. The van der Waals surface area contributed by atoms with Gasteiger partial charge in [0.25, 0.3) is 0 Å². The maximum absolute atomic E-state index is 11.9. The van der Waals surface area contributed by atoms with Crippen molar-refractivity contribution in [2.75, 3.05) is 11.9 Å². The predicted octanol–water partition coefficient (Wildman–Crippen LogP) is 2.05. The Morgan fingerprint density at radius 1 is 1.50 bits per heavy atom. The molecule has 0 saturated heterocycles. The second-order valence-electron chi connectivity index (χ2n) is 4.83. The highest BCUT2D eigenvalue weighted by Gasteiger charge is 2.31. The average Bonchev–Trinajstić information content (AvgIpc) is 2.68. The lowest BCUT2D eigenvalue weighted by atomic mass is 10.0. The van der Waals surface area contributed by atoms with Gasteiger partial charge in [0.2, 0.25) is 5.91 Å². The van der Waals surface area contributed by atoms with Gasteiger partial charge in [0.05, 0.1) is 12.0 Å². The summed E-state index contributed by atoms with van der Waals surface area (Å²) < 4.78 is 0. The van der Waals surface area contributed by atoms with Crippen molar-refractivity contribution in [2.24, 2.45) is 5.92 Å². The van der Waals surface area contributed by atoms with Crippen LogP contribution < -0.4 is 10.6 Å². The first-order valence-corrected chi connectivity index (χ1v) is 6.08. The number of amides is 1. The average molecular weight is 243 g/mol. The number of hydrogen-bond donors (Lipinski definition) is 2. The van der Waals surface area contributed by atoms with Gasteiger partial charge < -0.3 is 10.6 Å². The molecule has 1 aliphatic rings. The smallest absolute Gasteiger partial charge is 0.246 e. The van der Waals surface area contributed by atoms with Gasteiger partial charge in [0.15, 0.2) is 0 Å². The molecule has 0 radical (unpaired) electrons. The SMILES string of the molecule is Cc1ccc2c(c1C)NC(=O)C2NCC(C)C#N. The molecule has 0 aliphatic carbocycles. The van der Waals surface area contributed by atoms with E-state index in [0.717, 1.165) is 16.8 Å². The van der Waals surface area contributed by atoms with E-state index in [1.165, 1.54) is 5.56 Å². The largest absolute Gasteiger partial charge is 0.324 e. The molecule has 1 aliphatic heterocycles. The Morgan fingerprint density at radius 2 is 2.22 bits per heavy atom. The molecule has 4 nitrogen and oxygen atoms in total. The molecule has 4 heteroatoms. The van der Waals surface area contributed by atoms with Gasteiger partial charge in [0.1, 0.15) is 6.04 Å². The third-order valence-electron chi connectivity index (χ3n) is 3.44. The van der Waals surface area contributed by atoms with Crippen molar-refractivity contribution in [3.8, 4) is 6.07 Å². The molecule has 94 valence electrons. The number of anilines is 1. The van der Waals surface area contributed by atoms with E-state index in [1.54, 1.807) is 0 Å². The van der Waals surface area contributed by atoms with Gasteiger partial charge in [-0.15, -0.1) is 0 Å². The number of carbonyl (C=O) groups is 1. The maximum Gasteiger partial charge on any atom is 0.246 e. The summed E-state index contributed by atoms with van der Waals surface area (Å²) in [4.78, 5) is 11.9. The Labute approximate surface area is 107 Å². The molecule has 0 saturated carbocycles. The lowest BCUT2D eigenvalue weighted by molar-refractivity contribution is -0.117. The van der Waals surface area contributed by atoms with E-state index in [0.29, 0.717) is 6.54 Å². The Balaban J connectivity index is 2.24. The van der Waals surface area contributed by atoms with Crippen molar-refractivity contribution < 1.29 is 4.79 Å². The number of nitriles is 1. The highest BCUT2D eigenvalue weighted by Crippen LogP contribution is 2.34. The fraction of sp³-hybridized carbons (Fsp3) is 0.429. The van der Waals surface area contributed by atoms with Crippen LogP contribution in [0.25, 0.3) is 0 Å². The van der Waals surface area contributed by atoms with Gasteiger partial charge >= 0.3 is 0 Å². The molecule has 0 aromatic heterocycles. The van der Waals surface area contributed by atoms with Crippen LogP contribution in [-0.2, 0) is 4.79 Å². The Morgan fingerprint density at radius 3 is 2.89 bits per heavy atom. The Kier molecular flexibility index (Phi) is 3.35. The summed E-state index contributed by atoms with van der Waals surface area (Å²) in [6, 6.07) is 5.82. The number of hydrogen-bond acceptors (Lipinski definition) is 3. The standard InChI is InChI=1S/C14H17N3O/c1-8(6-15)7-16-13-11-5-4-9(2)10(3)12(11)17-14(13)18/h4-5,8,13,16H,7H2,1-3H3,(H,17,18). The van der Waals surface area contributed by atoms with E-state index in [2.05, 4.69) is 16.7 Å². The summed E-state index contributed by atoms with van der Waals surface area (Å²) in [5.74, 6) is -0.141. The molecule has 1 amide bonds. The van der Waals surface area contributed by atoms with Crippen LogP contribution in [0, 0.1) is 31.1 Å². The zero-order valence-electron chi connectivity index (χ0n) is 10.9. The topological polar surface area (TPSA) is 64.9 Å². The quantitative estimate of drug-likeness (QED) is 0.854. The first-order chi connectivity index (χ1) is 8.54. The minimum Gasteiger partial charge on any atom is -0.324 e. The van der Waals surface area contributed by atoms with Crippen molar-refractivity contribution in [2.45, 2.75) is 26.8 Å². The van der Waals surface area contributed by atoms with E-state index in [1.807, 2.05) is 32.9 Å². The fourth-order valence-electron chi connectivity index (χ4n) is 2.12. The zero-order valence-corrected chi connectivity index (χ0v) is 10.9. The molecule has 2 atom stereocenters. The van der Waals surface area contributed by atoms with Crippen molar-refractivity contribution in [1.29, 1.82) is 5.26 Å². The van der Waals surface area contributed by atoms with E-state index in [4.69, 9.17) is 5.26 Å². The van der Waals surface area contributed by atoms with Crippen LogP contribution in [0.4, 0.5) is 5.69 Å². The molecule has 2 unspecified atom stereocenters. The van der Waals surface area contributed by atoms with E-state index >= 15 is 0 Å². The number of fused-ring (bicyclic) bond motifs is 1. The van der Waals surface area contributed by atoms with Crippen LogP contribution >= 0.6 is 0 Å². The van der Waals surface area contributed by atoms with Crippen LogP contribution in [0.3, 0.4) is 0 Å². The summed E-state index contributed by atoms with van der Waals surface area (Å²) in [5.41, 5.74) is 4.17. The van der Waals surface area contributed by atoms with Crippen molar-refractivity contribution >= 4 is 11.6 Å². The predicted molar refractivity (Wildman–Crippen MR) is 70.1 cm³/mol. The number of nitrogens with one attached hydrogen (secondary N) is 2. The first-order valence-electron chi connectivity index (χ1n) is 6.08. The van der Waals surface area contributed by atoms with Gasteiger partial charge in [-0.2, -0.15) is 5.26 Å². The van der Waals surface area contributed by atoms with Crippen molar-refractivity contribution in [3.05, 3.63) is 28.8 Å². The second-order valence-corrected chi connectivity index (χ2v) is 4.83. The van der Waals surface area contributed by atoms with Gasteiger partial charge in [0, 0.05) is 17.8 Å². The van der Waals surface area contributed by atoms with Crippen LogP contribution in [0.5, 0.6) is 0 Å². The van der Waals surface area contributed by atoms with E-state index < -0.39 is 0 Å². The Hall–Kier alpha value is -1.86. The van der Waals surface area contributed by atoms with E-state index in [9.17, 15) is 4.79 Å². The maximum atomic E-state index is 11.9. The molecule has 1 aromatic carbocycles. The highest BCUT2D eigenvalue weighted by atomic mass is 16.2. The lowest BCUT2D eigenvalue weighted by Crippen LogP contribution is -2.30. The summed E-state index contributed by atoms with van der Waals surface area (Å²) in [6.45, 7) is 6.39. The Bertz CT molecular complexity index is 531. The highest BCUT2D eigenvalue weighted by molar-refractivity contribution is 6.03. The lowest BCUT2D eigenvalue weighted by Gasteiger charge is -2.13. The van der Waals surface area contributed by atoms with Crippen molar-refractivity contribution in [1.82, 2.24) is 5.32 Å². The number of carbonyl (C=O) groups excluding carboxylic acids is 1. The molecule has 0 bridgehead atoms. The van der Waals surface area contributed by atoms with Crippen LogP contribution in [-0.4, -0.2) is 12.5 Å². The number of nitrogens with zero attached hydrogens (tertiary/aromatic N) is 1. The summed E-state index contributed by atoms with van der Waals surface area (Å²) >= 11 is 0. The van der Waals surface area contributed by atoms with Gasteiger partial charge in [-0.3, -0.25) is 4.79 Å². The monoisotopic (exact) mass is 243 g/mol. The zero-order chi connectivity index (χ0) is 13.3. The molecule has 1 heterocycles. The minimum atomic E-state index is -0.338. The number of benzene rings is 1. The molecule has 0 spiro atoms. The molecule has 0 fully saturated rings. The third kappa shape index (κ3) is 2.09. The number of aryl methyl sites for hydroxylation is 1. The van der Waals surface area contributed by atoms with Crippen LogP contribution in [0.15, 0.2) is 12.1 Å². The molecule has 1 aromatic rings. The summed E-state index contributed by atoms with van der Waals surface area (Å²) in [7, 11) is 0. The molecule has 18 heavy (non-hydrogen) atoms. The minimum absolute atomic E-state index is 0.0381. The fourth-order valence-corrected chi connectivity index (χ4v) is 2.12. The van der Waals surface area contributed by atoms with Gasteiger partial charge in [-0.05, 0) is 31.9 Å². The third-order valence-corrected chi connectivity index (χ3v) is 3.44. The molecular weight excluding hydrogens is 226 g/mol. The summed E-state index contributed by atoms with van der Waals surface area (Å²) in [6.07, 6.45) is 0. The van der Waals surface area contributed by atoms with Crippen LogP contribution in [0.1, 0.15) is 29.7 Å². The van der Waals surface area contributed by atoms with Crippen molar-refractivity contribution in [3.63, 3.8) is 0 Å². The summed E-state index contributed by atoms with van der Waals surface area (Å²) in [5, 5.41) is 14.8. The van der Waals surface area contributed by atoms with E-state index in [-0.39, 0.29) is 17.9 Å². The van der Waals surface area contributed by atoms with Crippen LogP contribution in [0.2, 0.25) is 0 Å². The molecule has 2 rings (SSSR count). The van der Waals surface area contributed by atoms with Gasteiger partial charge in [-0.25, -0.2) is 0 Å². The normalized spacial score (nSPS) is 19.0. The second kappa shape index (κ2) is 4.79. The van der Waals surface area contributed by atoms with Gasteiger partial charge in [-0.1, -0.05) is 12.1 Å². The molecular formula is C14H17N3O.